The molecule has 0 spiro atoms. The molecule has 0 aliphatic heterocycles. The quantitative estimate of drug-likeness (QED) is 0.204. The zero-order valence-electron chi connectivity index (χ0n) is 18.4. The zero-order valence-corrected chi connectivity index (χ0v) is 19.2. The summed E-state index contributed by atoms with van der Waals surface area (Å²) in [4.78, 5) is 13.1. The Balaban J connectivity index is 1.53. The number of nitrogens with two attached hydrogens (primary N) is 1. The van der Waals surface area contributed by atoms with Crippen LogP contribution >= 0.6 is 0 Å². The minimum Gasteiger partial charge on any atom is -0.324 e. The molecule has 5 N–H and O–H groups in total. The van der Waals surface area contributed by atoms with Gasteiger partial charge in [-0.3, -0.25) is 0 Å². The highest BCUT2D eigenvalue weighted by molar-refractivity contribution is 7.89. The summed E-state index contributed by atoms with van der Waals surface area (Å²) in [6, 6.07) is 25.2. The Bertz CT molecular complexity index is 1430. The monoisotopic (exact) mass is 486 g/mol. The number of anilines is 5. The smallest absolute Gasteiger partial charge is 0.250 e. The minimum atomic E-state index is -3.78. The van der Waals surface area contributed by atoms with Gasteiger partial charge in [0.2, 0.25) is 27.9 Å². The van der Waals surface area contributed by atoms with E-state index in [1.807, 2.05) is 66.7 Å². The Morgan fingerprint density at radius 2 is 1.26 bits per heavy atom. The SMILES string of the molecule is NS(=O)(=O)c1ccc(Nc2nc(N/N=C/C=C/c3ccccc3)nc(Nc3ccccc3)n2)cc1. The Hall–Kier alpha value is -4.61. The van der Waals surface area contributed by atoms with Crippen LogP contribution in [0.25, 0.3) is 6.08 Å². The van der Waals surface area contributed by atoms with Crippen molar-refractivity contribution in [2.45, 2.75) is 4.90 Å². The fourth-order valence-corrected chi connectivity index (χ4v) is 3.42. The van der Waals surface area contributed by atoms with Crippen molar-refractivity contribution in [3.8, 4) is 0 Å². The first-order valence-electron chi connectivity index (χ1n) is 10.4. The molecule has 1 aromatic heterocycles. The van der Waals surface area contributed by atoms with E-state index in [0.29, 0.717) is 5.69 Å². The van der Waals surface area contributed by atoms with E-state index in [2.05, 4.69) is 36.1 Å². The summed E-state index contributed by atoms with van der Waals surface area (Å²) in [5.74, 6) is 0.707. The number of hydrogen-bond donors (Lipinski definition) is 4. The second-order valence-electron chi connectivity index (χ2n) is 7.15. The van der Waals surface area contributed by atoms with Gasteiger partial charge in [0.1, 0.15) is 0 Å². The highest BCUT2D eigenvalue weighted by Crippen LogP contribution is 2.20. The van der Waals surface area contributed by atoms with Gasteiger partial charge in [-0.05, 0) is 48.0 Å². The van der Waals surface area contributed by atoms with E-state index in [9.17, 15) is 8.42 Å². The third-order valence-corrected chi connectivity index (χ3v) is 5.45. The van der Waals surface area contributed by atoms with Gasteiger partial charge in [-0.25, -0.2) is 19.0 Å². The molecule has 10 nitrogen and oxygen atoms in total. The van der Waals surface area contributed by atoms with Crippen LogP contribution in [0.15, 0.2) is 101 Å². The van der Waals surface area contributed by atoms with Crippen LogP contribution in [0.1, 0.15) is 5.56 Å². The predicted molar refractivity (Wildman–Crippen MR) is 138 cm³/mol. The molecule has 35 heavy (non-hydrogen) atoms. The molecular formula is C24H22N8O2S. The van der Waals surface area contributed by atoms with E-state index in [0.717, 1.165) is 11.3 Å². The molecule has 0 amide bonds. The second kappa shape index (κ2) is 11.0. The summed E-state index contributed by atoms with van der Waals surface area (Å²) in [6.45, 7) is 0. The first kappa shape index (κ1) is 23.5. The van der Waals surface area contributed by atoms with Gasteiger partial charge >= 0.3 is 0 Å². The Morgan fingerprint density at radius 1 is 0.714 bits per heavy atom. The summed E-state index contributed by atoms with van der Waals surface area (Å²) in [5, 5.41) is 15.4. The highest BCUT2D eigenvalue weighted by atomic mass is 32.2. The number of benzene rings is 3. The van der Waals surface area contributed by atoms with Crippen molar-refractivity contribution in [2.24, 2.45) is 10.2 Å². The number of hydrogen-bond acceptors (Lipinski definition) is 9. The average Bonchev–Trinajstić information content (AvgIpc) is 2.85. The maximum Gasteiger partial charge on any atom is 0.250 e. The normalized spacial score (nSPS) is 11.6. The molecule has 0 atom stereocenters. The van der Waals surface area contributed by atoms with Crippen LogP contribution in [0.3, 0.4) is 0 Å². The van der Waals surface area contributed by atoms with Gasteiger partial charge in [0.25, 0.3) is 0 Å². The van der Waals surface area contributed by atoms with Crippen LogP contribution in [0.4, 0.5) is 29.2 Å². The number of nitrogens with zero attached hydrogens (tertiary/aromatic N) is 4. The van der Waals surface area contributed by atoms with Crippen LogP contribution in [-0.2, 0) is 10.0 Å². The predicted octanol–water partition coefficient (Wildman–Crippen LogP) is 4.12. The van der Waals surface area contributed by atoms with Crippen LogP contribution in [0.5, 0.6) is 0 Å². The Labute approximate surface area is 202 Å². The number of para-hydroxylation sites is 1. The van der Waals surface area contributed by atoms with Crippen molar-refractivity contribution in [3.63, 3.8) is 0 Å². The molecule has 4 rings (SSSR count). The fourth-order valence-electron chi connectivity index (χ4n) is 2.90. The van der Waals surface area contributed by atoms with Crippen molar-refractivity contribution in [1.29, 1.82) is 0 Å². The molecule has 0 unspecified atom stereocenters. The maximum absolute atomic E-state index is 11.5. The first-order chi connectivity index (χ1) is 17.0. The van der Waals surface area contributed by atoms with Crippen LogP contribution < -0.4 is 21.2 Å². The lowest BCUT2D eigenvalue weighted by atomic mass is 10.2. The van der Waals surface area contributed by atoms with E-state index in [1.165, 1.54) is 12.1 Å². The topological polar surface area (TPSA) is 147 Å². The molecule has 176 valence electrons. The molecule has 0 fully saturated rings. The lowest BCUT2D eigenvalue weighted by molar-refractivity contribution is 0.598. The molecule has 0 aliphatic rings. The van der Waals surface area contributed by atoms with E-state index in [-0.39, 0.29) is 22.7 Å². The van der Waals surface area contributed by atoms with Gasteiger partial charge in [0, 0.05) is 17.6 Å². The lowest BCUT2D eigenvalue weighted by Crippen LogP contribution is -2.12. The Morgan fingerprint density at radius 3 is 1.86 bits per heavy atom. The van der Waals surface area contributed by atoms with Crippen LogP contribution in [0, 0.1) is 0 Å². The second-order valence-corrected chi connectivity index (χ2v) is 8.71. The molecule has 11 heteroatoms. The van der Waals surface area contributed by atoms with Crippen molar-refractivity contribution in [2.75, 3.05) is 16.1 Å². The van der Waals surface area contributed by atoms with Gasteiger partial charge in [-0.2, -0.15) is 20.1 Å². The summed E-state index contributed by atoms with van der Waals surface area (Å²) in [7, 11) is -3.78. The maximum atomic E-state index is 11.5. The number of allylic oxidation sites excluding steroid dienone is 1. The van der Waals surface area contributed by atoms with E-state index in [1.54, 1.807) is 24.4 Å². The number of primary sulfonamides is 1. The third kappa shape index (κ3) is 7.19. The average molecular weight is 487 g/mol. The molecule has 0 saturated carbocycles. The summed E-state index contributed by atoms with van der Waals surface area (Å²) in [6.07, 6.45) is 5.29. The van der Waals surface area contributed by atoms with Gasteiger partial charge in [-0.15, -0.1) is 0 Å². The largest absolute Gasteiger partial charge is 0.324 e. The van der Waals surface area contributed by atoms with Gasteiger partial charge in [0.15, 0.2) is 0 Å². The molecule has 0 bridgehead atoms. The van der Waals surface area contributed by atoms with Crippen molar-refractivity contribution >= 4 is 51.5 Å². The molecule has 1 heterocycles. The number of rotatable bonds is 9. The number of nitrogens with one attached hydrogen (secondary N) is 3. The molecule has 0 radical (unpaired) electrons. The number of sulfonamides is 1. The first-order valence-corrected chi connectivity index (χ1v) is 12.0. The fraction of sp³-hybridized carbons (Fsp3) is 0. The molecule has 4 aromatic rings. The summed E-state index contributed by atoms with van der Waals surface area (Å²) >= 11 is 0. The van der Waals surface area contributed by atoms with Crippen LogP contribution in [0.2, 0.25) is 0 Å². The molecular weight excluding hydrogens is 464 g/mol. The van der Waals surface area contributed by atoms with Gasteiger partial charge in [-0.1, -0.05) is 54.6 Å². The molecule has 0 saturated heterocycles. The molecule has 0 aliphatic carbocycles. The van der Waals surface area contributed by atoms with E-state index >= 15 is 0 Å². The highest BCUT2D eigenvalue weighted by Gasteiger charge is 2.10. The van der Waals surface area contributed by atoms with Crippen molar-refractivity contribution in [1.82, 2.24) is 15.0 Å². The summed E-state index contributed by atoms with van der Waals surface area (Å²) in [5.41, 5.74) is 5.20. The molecule has 3 aromatic carbocycles. The van der Waals surface area contributed by atoms with E-state index < -0.39 is 10.0 Å². The lowest BCUT2D eigenvalue weighted by Gasteiger charge is -2.10. The number of hydrazone groups is 1. The third-order valence-electron chi connectivity index (χ3n) is 4.52. The van der Waals surface area contributed by atoms with E-state index in [4.69, 9.17) is 5.14 Å². The summed E-state index contributed by atoms with van der Waals surface area (Å²) < 4.78 is 23.0. The van der Waals surface area contributed by atoms with Gasteiger partial charge in [0.05, 0.1) is 4.90 Å². The Kier molecular flexibility index (Phi) is 7.40. The minimum absolute atomic E-state index is 0.00498. The van der Waals surface area contributed by atoms with Crippen molar-refractivity contribution < 1.29 is 8.42 Å². The standard InChI is InChI=1S/C24H22N8O2S/c25-35(33,34)21-15-13-20(14-16-21)28-23-29-22(27-19-11-5-2-6-12-19)30-24(31-23)32-26-17-7-10-18-8-3-1-4-9-18/h1-17H,(H2,25,33,34)(H3,27,28,29,30,31,32)/b10-7+,26-17+. The van der Waals surface area contributed by atoms with Gasteiger partial charge < -0.3 is 10.6 Å². The number of aromatic nitrogens is 3. The van der Waals surface area contributed by atoms with Crippen molar-refractivity contribution in [3.05, 3.63) is 96.6 Å². The zero-order chi connectivity index (χ0) is 24.5. The van der Waals surface area contributed by atoms with Crippen LogP contribution in [-0.4, -0.2) is 29.6 Å².